The highest BCUT2D eigenvalue weighted by Gasteiger charge is 2.23. The number of benzene rings is 1. The Morgan fingerprint density at radius 2 is 1.84 bits per heavy atom. The number of nitrogens with zero attached hydrogens (tertiary/aromatic N) is 1. The summed E-state index contributed by atoms with van der Waals surface area (Å²) in [4.78, 5) is 16.2. The third-order valence-electron chi connectivity index (χ3n) is 4.51. The van der Waals surface area contributed by atoms with E-state index >= 15 is 0 Å². The van der Waals surface area contributed by atoms with Crippen molar-refractivity contribution in [3.8, 4) is 0 Å². The van der Waals surface area contributed by atoms with Crippen LogP contribution in [0.25, 0.3) is 0 Å². The molecule has 1 aromatic carbocycles. The molecule has 1 fully saturated rings. The van der Waals surface area contributed by atoms with Gasteiger partial charge in [-0.05, 0) is 37.3 Å². The summed E-state index contributed by atoms with van der Waals surface area (Å²) < 4.78 is 0. The number of nitrogens with one attached hydrogen (secondary N) is 3. The lowest BCUT2D eigenvalue weighted by Crippen LogP contribution is -2.44. The van der Waals surface area contributed by atoms with Crippen molar-refractivity contribution in [2.75, 3.05) is 19.6 Å². The van der Waals surface area contributed by atoms with Crippen LogP contribution in [-0.4, -0.2) is 37.5 Å². The second kappa shape index (κ2) is 8.88. The Kier molecular flexibility index (Phi) is 6.85. The van der Waals surface area contributed by atoms with Crippen molar-refractivity contribution >= 4 is 11.9 Å². The van der Waals surface area contributed by atoms with Crippen LogP contribution >= 0.6 is 0 Å². The highest BCUT2D eigenvalue weighted by molar-refractivity contribution is 5.85. The molecule has 5 nitrogen and oxygen atoms in total. The minimum Gasteiger partial charge on any atom is -0.357 e. The molecule has 0 atom stereocenters. The van der Waals surface area contributed by atoms with Crippen LogP contribution < -0.4 is 16.0 Å². The molecule has 138 valence electrons. The Morgan fingerprint density at radius 1 is 1.16 bits per heavy atom. The van der Waals surface area contributed by atoms with Crippen molar-refractivity contribution in [1.29, 1.82) is 0 Å². The van der Waals surface area contributed by atoms with E-state index in [4.69, 9.17) is 0 Å². The number of carbonyl (C=O) groups is 1. The Bertz CT molecular complexity index is 588. The summed E-state index contributed by atoms with van der Waals surface area (Å²) in [6.07, 6.45) is 3.25. The van der Waals surface area contributed by atoms with Crippen molar-refractivity contribution < 1.29 is 4.79 Å². The second-order valence-corrected chi connectivity index (χ2v) is 7.32. The highest BCUT2D eigenvalue weighted by atomic mass is 16.2. The Morgan fingerprint density at radius 3 is 2.40 bits per heavy atom. The first kappa shape index (κ1) is 19.3. The predicted octanol–water partition coefficient (Wildman–Crippen LogP) is 2.36. The van der Waals surface area contributed by atoms with Crippen molar-refractivity contribution in [2.24, 2.45) is 4.99 Å². The van der Waals surface area contributed by atoms with E-state index in [-0.39, 0.29) is 17.9 Å². The molecule has 0 bridgehead atoms. The van der Waals surface area contributed by atoms with Crippen LogP contribution in [0, 0.1) is 0 Å². The van der Waals surface area contributed by atoms with Gasteiger partial charge in [-0.2, -0.15) is 0 Å². The van der Waals surface area contributed by atoms with Crippen LogP contribution in [0.15, 0.2) is 29.3 Å². The standard InChI is InChI=1S/C20H32N4O/c1-5-15-7-9-16(10-8-15)20(3,4)14-23-19(21-6-2)22-13-18(25)24-17-11-12-17/h7-10,17H,5-6,11-14H2,1-4H3,(H,24,25)(H2,21,22,23). The van der Waals surface area contributed by atoms with E-state index in [0.717, 1.165) is 32.4 Å². The molecule has 1 amide bonds. The normalized spacial score (nSPS) is 15.0. The van der Waals surface area contributed by atoms with Crippen LogP contribution in [-0.2, 0) is 16.6 Å². The molecule has 1 saturated carbocycles. The molecule has 1 aromatic rings. The minimum atomic E-state index is -0.0290. The van der Waals surface area contributed by atoms with Gasteiger partial charge in [-0.1, -0.05) is 45.0 Å². The Labute approximate surface area is 151 Å². The number of hydrogen-bond acceptors (Lipinski definition) is 2. The predicted molar refractivity (Wildman–Crippen MR) is 104 cm³/mol. The van der Waals surface area contributed by atoms with Crippen molar-refractivity contribution in [1.82, 2.24) is 16.0 Å². The topological polar surface area (TPSA) is 65.5 Å². The fourth-order valence-electron chi connectivity index (χ4n) is 2.59. The molecule has 25 heavy (non-hydrogen) atoms. The molecule has 0 saturated heterocycles. The van der Waals surface area contributed by atoms with E-state index in [1.165, 1.54) is 11.1 Å². The highest BCUT2D eigenvalue weighted by Crippen LogP contribution is 2.22. The number of carbonyl (C=O) groups excluding carboxylic acids is 1. The lowest BCUT2D eigenvalue weighted by molar-refractivity contribution is -0.119. The summed E-state index contributed by atoms with van der Waals surface area (Å²) in [7, 11) is 0. The van der Waals surface area contributed by atoms with Gasteiger partial charge in [-0.25, -0.2) is 4.99 Å². The number of rotatable bonds is 8. The van der Waals surface area contributed by atoms with Crippen LogP contribution in [0.4, 0.5) is 0 Å². The van der Waals surface area contributed by atoms with Gasteiger partial charge >= 0.3 is 0 Å². The molecule has 5 heteroatoms. The third-order valence-corrected chi connectivity index (χ3v) is 4.51. The van der Waals surface area contributed by atoms with E-state index in [1.54, 1.807) is 0 Å². The molecule has 2 rings (SSSR count). The summed E-state index contributed by atoms with van der Waals surface area (Å²) in [5.74, 6) is 0.681. The van der Waals surface area contributed by atoms with Crippen LogP contribution in [0.3, 0.4) is 0 Å². The van der Waals surface area contributed by atoms with Gasteiger partial charge in [-0.3, -0.25) is 4.79 Å². The van der Waals surface area contributed by atoms with Crippen LogP contribution in [0.1, 0.15) is 51.7 Å². The number of amides is 1. The fourth-order valence-corrected chi connectivity index (χ4v) is 2.59. The molecule has 1 aliphatic rings. The number of guanidine groups is 1. The molecule has 0 heterocycles. The van der Waals surface area contributed by atoms with Gasteiger partial charge in [-0.15, -0.1) is 0 Å². The average Bonchev–Trinajstić information content (AvgIpc) is 3.41. The molecule has 0 aromatic heterocycles. The smallest absolute Gasteiger partial charge is 0.242 e. The maximum absolute atomic E-state index is 11.8. The zero-order chi connectivity index (χ0) is 18.3. The van der Waals surface area contributed by atoms with Gasteiger partial charge in [0.25, 0.3) is 0 Å². The summed E-state index contributed by atoms with van der Waals surface area (Å²) in [5.41, 5.74) is 2.61. The Balaban J connectivity index is 1.91. The van der Waals surface area contributed by atoms with E-state index < -0.39 is 0 Å². The summed E-state index contributed by atoms with van der Waals surface area (Å²) in [6.45, 7) is 10.3. The summed E-state index contributed by atoms with van der Waals surface area (Å²) in [5, 5.41) is 9.54. The minimum absolute atomic E-state index is 0.00545. The van der Waals surface area contributed by atoms with Gasteiger partial charge in [0.2, 0.25) is 5.91 Å². The van der Waals surface area contributed by atoms with E-state index in [2.05, 4.69) is 66.0 Å². The zero-order valence-electron chi connectivity index (χ0n) is 16.0. The maximum atomic E-state index is 11.8. The van der Waals surface area contributed by atoms with E-state index in [0.29, 0.717) is 12.0 Å². The first-order valence-electron chi connectivity index (χ1n) is 9.35. The number of hydrogen-bond donors (Lipinski definition) is 3. The third kappa shape index (κ3) is 6.40. The molecular weight excluding hydrogens is 312 g/mol. The van der Waals surface area contributed by atoms with Gasteiger partial charge < -0.3 is 16.0 Å². The largest absolute Gasteiger partial charge is 0.357 e. The SMILES string of the molecule is CCNC(=NCC(=O)NC1CC1)NCC(C)(C)c1ccc(CC)cc1. The average molecular weight is 345 g/mol. The quantitative estimate of drug-likeness (QED) is 0.501. The van der Waals surface area contributed by atoms with Gasteiger partial charge in [0, 0.05) is 24.5 Å². The number of aliphatic imine (C=N–C) groups is 1. The maximum Gasteiger partial charge on any atom is 0.242 e. The molecule has 3 N–H and O–H groups in total. The monoisotopic (exact) mass is 344 g/mol. The summed E-state index contributed by atoms with van der Waals surface area (Å²) >= 11 is 0. The van der Waals surface area contributed by atoms with Crippen molar-refractivity contribution in [3.63, 3.8) is 0 Å². The van der Waals surface area contributed by atoms with Crippen molar-refractivity contribution in [3.05, 3.63) is 35.4 Å². The van der Waals surface area contributed by atoms with Gasteiger partial charge in [0.1, 0.15) is 6.54 Å². The van der Waals surface area contributed by atoms with Gasteiger partial charge in [0.15, 0.2) is 5.96 Å². The molecule has 0 unspecified atom stereocenters. The number of aryl methyl sites for hydroxylation is 1. The van der Waals surface area contributed by atoms with E-state index in [1.807, 2.05) is 6.92 Å². The zero-order valence-corrected chi connectivity index (χ0v) is 16.0. The molecule has 0 spiro atoms. The van der Waals surface area contributed by atoms with E-state index in [9.17, 15) is 4.79 Å². The fraction of sp³-hybridized carbons (Fsp3) is 0.600. The van der Waals surface area contributed by atoms with Gasteiger partial charge in [0.05, 0.1) is 0 Å². The Hall–Kier alpha value is -2.04. The lowest BCUT2D eigenvalue weighted by Gasteiger charge is -2.27. The molecule has 1 aliphatic carbocycles. The van der Waals surface area contributed by atoms with Crippen molar-refractivity contribution in [2.45, 2.75) is 58.4 Å². The molecule has 0 aliphatic heterocycles. The summed E-state index contributed by atoms with van der Waals surface area (Å²) in [6, 6.07) is 9.17. The van der Waals surface area contributed by atoms with Crippen LogP contribution in [0.5, 0.6) is 0 Å². The first-order chi connectivity index (χ1) is 11.9. The van der Waals surface area contributed by atoms with Crippen LogP contribution in [0.2, 0.25) is 0 Å². The second-order valence-electron chi connectivity index (χ2n) is 7.32. The molecular formula is C20H32N4O. The lowest BCUT2D eigenvalue weighted by atomic mass is 9.84. The first-order valence-corrected chi connectivity index (χ1v) is 9.35. The molecule has 0 radical (unpaired) electrons.